The molecular weight excluding hydrogens is 222 g/mol. The first-order chi connectivity index (χ1) is 7.77. The molecule has 0 spiro atoms. The number of nitrogens with one attached hydrogen (secondary N) is 1. The summed E-state index contributed by atoms with van der Waals surface area (Å²) in [4.78, 5) is 12.0. The molecule has 3 heteroatoms. The molecule has 0 bridgehead atoms. The Morgan fingerprint density at radius 3 is 2.19 bits per heavy atom. The molecule has 1 unspecified atom stereocenters. The average Bonchev–Trinajstić information content (AvgIpc) is 2.82. The lowest BCUT2D eigenvalue weighted by Gasteiger charge is -2.26. The predicted molar refractivity (Wildman–Crippen MR) is 66.6 cm³/mol. The fourth-order valence-corrected chi connectivity index (χ4v) is 3.31. The van der Waals surface area contributed by atoms with Crippen molar-refractivity contribution in [3.8, 4) is 0 Å². The predicted octanol–water partition coefficient (Wildman–Crippen LogP) is 3.23. The van der Waals surface area contributed by atoms with Crippen LogP contribution >= 0.6 is 11.6 Å². The van der Waals surface area contributed by atoms with Crippen LogP contribution in [0.25, 0.3) is 0 Å². The van der Waals surface area contributed by atoms with Gasteiger partial charge in [0.05, 0.1) is 0 Å². The zero-order valence-corrected chi connectivity index (χ0v) is 10.6. The monoisotopic (exact) mass is 243 g/mol. The van der Waals surface area contributed by atoms with Crippen LogP contribution in [0.1, 0.15) is 57.8 Å². The van der Waals surface area contributed by atoms with E-state index in [1.807, 2.05) is 0 Å². The standard InChI is InChI=1S/C13H22ClNO/c14-12(10-6-2-1-3-7-10)13(16)15-11-8-4-5-9-11/h10-12H,1-9H2,(H,15,16). The molecule has 2 fully saturated rings. The third-order valence-electron chi connectivity index (χ3n) is 4.02. The molecule has 0 aromatic rings. The van der Waals surface area contributed by atoms with Crippen LogP contribution in [0.15, 0.2) is 0 Å². The molecule has 0 saturated heterocycles. The fraction of sp³-hybridized carbons (Fsp3) is 0.923. The number of alkyl halides is 1. The van der Waals surface area contributed by atoms with E-state index in [1.54, 1.807) is 0 Å². The number of rotatable bonds is 3. The number of halogens is 1. The normalized spacial score (nSPS) is 25.6. The molecule has 2 saturated carbocycles. The summed E-state index contributed by atoms with van der Waals surface area (Å²) in [7, 11) is 0. The summed E-state index contributed by atoms with van der Waals surface area (Å²) in [5.41, 5.74) is 0. The summed E-state index contributed by atoms with van der Waals surface area (Å²) < 4.78 is 0. The van der Waals surface area contributed by atoms with Crippen LogP contribution in [0.3, 0.4) is 0 Å². The van der Waals surface area contributed by atoms with Crippen molar-refractivity contribution >= 4 is 17.5 Å². The first kappa shape index (κ1) is 12.2. The first-order valence-electron chi connectivity index (χ1n) is 6.72. The molecule has 92 valence electrons. The number of amides is 1. The molecule has 1 atom stereocenters. The number of hydrogen-bond donors (Lipinski definition) is 1. The van der Waals surface area contributed by atoms with Crippen molar-refractivity contribution in [1.82, 2.24) is 5.32 Å². The Bertz CT molecular complexity index is 232. The van der Waals surface area contributed by atoms with Crippen molar-refractivity contribution in [2.45, 2.75) is 69.2 Å². The number of hydrogen-bond acceptors (Lipinski definition) is 1. The second-order valence-electron chi connectivity index (χ2n) is 5.29. The van der Waals surface area contributed by atoms with E-state index in [-0.39, 0.29) is 11.3 Å². The van der Waals surface area contributed by atoms with Crippen LogP contribution in [-0.2, 0) is 4.79 Å². The van der Waals surface area contributed by atoms with Crippen molar-refractivity contribution in [2.75, 3.05) is 0 Å². The molecule has 0 aromatic carbocycles. The second kappa shape index (κ2) is 5.90. The molecule has 0 radical (unpaired) electrons. The summed E-state index contributed by atoms with van der Waals surface area (Å²) in [6.45, 7) is 0. The molecule has 2 aliphatic rings. The Morgan fingerprint density at radius 1 is 1.00 bits per heavy atom. The van der Waals surface area contributed by atoms with E-state index in [9.17, 15) is 4.79 Å². The lowest BCUT2D eigenvalue weighted by Crippen LogP contribution is -2.41. The molecule has 0 aliphatic heterocycles. The van der Waals surface area contributed by atoms with Crippen LogP contribution < -0.4 is 5.32 Å². The minimum atomic E-state index is -0.291. The molecule has 0 aromatic heterocycles. The van der Waals surface area contributed by atoms with Crippen LogP contribution in [0, 0.1) is 5.92 Å². The minimum Gasteiger partial charge on any atom is -0.352 e. The maximum absolute atomic E-state index is 12.0. The SMILES string of the molecule is O=C(NC1CCCC1)C(Cl)C1CCCCC1. The van der Waals surface area contributed by atoms with E-state index < -0.39 is 0 Å². The Labute approximate surface area is 103 Å². The van der Waals surface area contributed by atoms with Crippen molar-refractivity contribution in [3.63, 3.8) is 0 Å². The molecule has 2 rings (SSSR count). The van der Waals surface area contributed by atoms with Crippen molar-refractivity contribution < 1.29 is 4.79 Å². The third kappa shape index (κ3) is 3.13. The maximum Gasteiger partial charge on any atom is 0.238 e. The van der Waals surface area contributed by atoms with Gasteiger partial charge in [0.2, 0.25) is 5.91 Å². The van der Waals surface area contributed by atoms with Crippen molar-refractivity contribution in [1.29, 1.82) is 0 Å². The number of carbonyl (C=O) groups excluding carboxylic acids is 1. The van der Waals surface area contributed by atoms with E-state index in [4.69, 9.17) is 11.6 Å². The molecule has 0 heterocycles. The summed E-state index contributed by atoms with van der Waals surface area (Å²) in [5.74, 6) is 0.497. The van der Waals surface area contributed by atoms with Crippen LogP contribution in [0.2, 0.25) is 0 Å². The van der Waals surface area contributed by atoms with E-state index in [2.05, 4.69) is 5.32 Å². The molecule has 16 heavy (non-hydrogen) atoms. The average molecular weight is 244 g/mol. The molecule has 1 N–H and O–H groups in total. The Kier molecular flexibility index (Phi) is 4.51. The second-order valence-corrected chi connectivity index (χ2v) is 5.76. The van der Waals surface area contributed by atoms with Crippen molar-refractivity contribution in [3.05, 3.63) is 0 Å². The summed E-state index contributed by atoms with van der Waals surface area (Å²) in [6.07, 6.45) is 10.8. The quantitative estimate of drug-likeness (QED) is 0.758. The van der Waals surface area contributed by atoms with Gasteiger partial charge in [-0.05, 0) is 31.6 Å². The Morgan fingerprint density at radius 2 is 1.56 bits per heavy atom. The molecular formula is C13H22ClNO. The lowest BCUT2D eigenvalue weighted by atomic mass is 9.86. The Balaban J connectivity index is 1.78. The largest absolute Gasteiger partial charge is 0.352 e. The highest BCUT2D eigenvalue weighted by atomic mass is 35.5. The zero-order chi connectivity index (χ0) is 11.4. The maximum atomic E-state index is 12.0. The topological polar surface area (TPSA) is 29.1 Å². The van der Waals surface area contributed by atoms with Gasteiger partial charge in [0.15, 0.2) is 0 Å². The van der Waals surface area contributed by atoms with Gasteiger partial charge in [-0.3, -0.25) is 4.79 Å². The van der Waals surface area contributed by atoms with Crippen LogP contribution in [0.5, 0.6) is 0 Å². The fourth-order valence-electron chi connectivity index (χ4n) is 2.99. The van der Waals surface area contributed by atoms with E-state index >= 15 is 0 Å². The zero-order valence-electron chi connectivity index (χ0n) is 9.88. The summed E-state index contributed by atoms with van der Waals surface area (Å²) in [5, 5.41) is 2.81. The van der Waals surface area contributed by atoms with Gasteiger partial charge in [-0.15, -0.1) is 11.6 Å². The van der Waals surface area contributed by atoms with Crippen molar-refractivity contribution in [2.24, 2.45) is 5.92 Å². The summed E-state index contributed by atoms with van der Waals surface area (Å²) >= 11 is 6.28. The van der Waals surface area contributed by atoms with Gasteiger partial charge in [-0.1, -0.05) is 32.1 Å². The first-order valence-corrected chi connectivity index (χ1v) is 7.15. The lowest BCUT2D eigenvalue weighted by molar-refractivity contribution is -0.122. The van der Waals surface area contributed by atoms with Gasteiger partial charge in [0.25, 0.3) is 0 Å². The number of carbonyl (C=O) groups is 1. The van der Waals surface area contributed by atoms with E-state index in [0.717, 1.165) is 25.7 Å². The van der Waals surface area contributed by atoms with Crippen LogP contribution in [0.4, 0.5) is 0 Å². The van der Waals surface area contributed by atoms with Gasteiger partial charge >= 0.3 is 0 Å². The minimum absolute atomic E-state index is 0.0838. The summed E-state index contributed by atoms with van der Waals surface area (Å²) in [6, 6.07) is 0.400. The highest BCUT2D eigenvalue weighted by Gasteiger charge is 2.29. The Hall–Kier alpha value is -0.240. The van der Waals surface area contributed by atoms with Gasteiger partial charge in [-0.25, -0.2) is 0 Å². The van der Waals surface area contributed by atoms with Gasteiger partial charge in [0.1, 0.15) is 5.38 Å². The van der Waals surface area contributed by atoms with E-state index in [0.29, 0.717) is 12.0 Å². The molecule has 1 amide bonds. The molecule has 2 nitrogen and oxygen atoms in total. The third-order valence-corrected chi connectivity index (χ3v) is 4.57. The highest BCUT2D eigenvalue weighted by molar-refractivity contribution is 6.31. The molecule has 2 aliphatic carbocycles. The highest BCUT2D eigenvalue weighted by Crippen LogP contribution is 2.29. The van der Waals surface area contributed by atoms with Gasteiger partial charge in [0, 0.05) is 6.04 Å². The van der Waals surface area contributed by atoms with Gasteiger partial charge < -0.3 is 5.32 Å². The van der Waals surface area contributed by atoms with Gasteiger partial charge in [-0.2, -0.15) is 0 Å². The van der Waals surface area contributed by atoms with E-state index in [1.165, 1.54) is 32.1 Å². The smallest absolute Gasteiger partial charge is 0.238 e. The van der Waals surface area contributed by atoms with Crippen LogP contribution in [-0.4, -0.2) is 17.3 Å².